The SMILES string of the molecule is Cc1cc(SCCOc2ccc(C(=N)N)cc2)n(C)n1. The Hall–Kier alpha value is -1.95. The van der Waals surface area contributed by atoms with E-state index >= 15 is 0 Å². The summed E-state index contributed by atoms with van der Waals surface area (Å²) in [5, 5.41) is 12.8. The fraction of sp³-hybridized carbons (Fsp3) is 0.286. The summed E-state index contributed by atoms with van der Waals surface area (Å²) in [6, 6.07) is 9.29. The Morgan fingerprint density at radius 3 is 2.65 bits per heavy atom. The molecular weight excluding hydrogens is 272 g/mol. The average molecular weight is 290 g/mol. The standard InChI is InChI=1S/C14H18N4OS/c1-10-9-13(18(2)17-10)20-8-7-19-12-5-3-11(4-6-12)14(15)16/h3-6,9H,7-8H2,1-2H3,(H3,15,16). The summed E-state index contributed by atoms with van der Waals surface area (Å²) >= 11 is 1.72. The van der Waals surface area contributed by atoms with Crippen LogP contribution in [0.3, 0.4) is 0 Å². The van der Waals surface area contributed by atoms with Gasteiger partial charge in [0, 0.05) is 18.4 Å². The third-order valence-corrected chi connectivity index (χ3v) is 3.78. The van der Waals surface area contributed by atoms with Crippen molar-refractivity contribution in [3.05, 3.63) is 41.6 Å². The van der Waals surface area contributed by atoms with E-state index in [1.54, 1.807) is 23.9 Å². The van der Waals surface area contributed by atoms with Crippen LogP contribution < -0.4 is 10.5 Å². The highest BCUT2D eigenvalue weighted by atomic mass is 32.2. The van der Waals surface area contributed by atoms with Crippen LogP contribution in [0, 0.1) is 12.3 Å². The molecule has 3 N–H and O–H groups in total. The van der Waals surface area contributed by atoms with E-state index in [1.165, 1.54) is 0 Å². The zero-order valence-electron chi connectivity index (χ0n) is 11.6. The third kappa shape index (κ3) is 3.77. The van der Waals surface area contributed by atoms with Gasteiger partial charge in [0.2, 0.25) is 0 Å². The van der Waals surface area contributed by atoms with Crippen molar-refractivity contribution >= 4 is 17.6 Å². The lowest BCUT2D eigenvalue weighted by Crippen LogP contribution is -2.10. The molecule has 0 radical (unpaired) electrons. The molecule has 1 aromatic heterocycles. The average Bonchev–Trinajstić information content (AvgIpc) is 2.73. The van der Waals surface area contributed by atoms with Crippen molar-refractivity contribution in [1.29, 1.82) is 5.41 Å². The number of hydrogen-bond acceptors (Lipinski definition) is 4. The highest BCUT2D eigenvalue weighted by Crippen LogP contribution is 2.18. The maximum Gasteiger partial charge on any atom is 0.122 e. The number of benzene rings is 1. The fourth-order valence-electron chi connectivity index (χ4n) is 1.76. The van der Waals surface area contributed by atoms with Gasteiger partial charge >= 0.3 is 0 Å². The van der Waals surface area contributed by atoms with E-state index in [4.69, 9.17) is 15.9 Å². The Kier molecular flexibility index (Phi) is 4.68. The second-order valence-corrected chi connectivity index (χ2v) is 5.50. The zero-order chi connectivity index (χ0) is 14.5. The minimum Gasteiger partial charge on any atom is -0.493 e. The molecule has 20 heavy (non-hydrogen) atoms. The van der Waals surface area contributed by atoms with Gasteiger partial charge in [-0.15, -0.1) is 11.8 Å². The summed E-state index contributed by atoms with van der Waals surface area (Å²) in [7, 11) is 1.94. The van der Waals surface area contributed by atoms with Gasteiger partial charge in [-0.25, -0.2) is 0 Å². The Morgan fingerprint density at radius 2 is 2.10 bits per heavy atom. The van der Waals surface area contributed by atoms with E-state index in [0.717, 1.165) is 22.2 Å². The van der Waals surface area contributed by atoms with Crippen molar-refractivity contribution in [2.45, 2.75) is 11.9 Å². The van der Waals surface area contributed by atoms with Crippen LogP contribution in [0.1, 0.15) is 11.3 Å². The van der Waals surface area contributed by atoms with Crippen molar-refractivity contribution in [1.82, 2.24) is 9.78 Å². The monoisotopic (exact) mass is 290 g/mol. The first-order chi connectivity index (χ1) is 9.56. The number of nitrogen functional groups attached to an aromatic ring is 1. The smallest absolute Gasteiger partial charge is 0.122 e. The first-order valence-corrected chi connectivity index (χ1v) is 7.25. The first kappa shape index (κ1) is 14.5. The van der Waals surface area contributed by atoms with E-state index in [0.29, 0.717) is 12.2 Å². The van der Waals surface area contributed by atoms with Gasteiger partial charge in [-0.3, -0.25) is 10.1 Å². The Bertz CT molecular complexity index is 592. The molecule has 0 spiro atoms. The van der Waals surface area contributed by atoms with Crippen LogP contribution in [0.4, 0.5) is 0 Å². The lowest BCUT2D eigenvalue weighted by atomic mass is 10.2. The van der Waals surface area contributed by atoms with Crippen LogP contribution in [-0.4, -0.2) is 28.0 Å². The molecular formula is C14H18N4OS. The predicted molar refractivity (Wildman–Crippen MR) is 81.6 cm³/mol. The number of nitrogens with one attached hydrogen (secondary N) is 1. The van der Waals surface area contributed by atoms with E-state index in [-0.39, 0.29) is 5.84 Å². The summed E-state index contributed by atoms with van der Waals surface area (Å²) in [5.41, 5.74) is 7.13. The highest BCUT2D eigenvalue weighted by Gasteiger charge is 2.03. The van der Waals surface area contributed by atoms with Crippen LogP contribution in [0.25, 0.3) is 0 Å². The molecule has 106 valence electrons. The number of aryl methyl sites for hydroxylation is 2. The Labute approximate surface area is 122 Å². The van der Waals surface area contributed by atoms with Gasteiger partial charge in [-0.1, -0.05) is 0 Å². The molecule has 6 heteroatoms. The van der Waals surface area contributed by atoms with Crippen LogP contribution in [0.5, 0.6) is 5.75 Å². The molecule has 2 aromatic rings. The third-order valence-electron chi connectivity index (χ3n) is 2.73. The normalized spacial score (nSPS) is 10.5. The molecule has 0 aliphatic heterocycles. The number of ether oxygens (including phenoxy) is 1. The summed E-state index contributed by atoms with van der Waals surface area (Å²) in [6.45, 7) is 2.60. The molecule has 0 saturated heterocycles. The second kappa shape index (κ2) is 6.47. The van der Waals surface area contributed by atoms with Gasteiger partial charge < -0.3 is 10.5 Å². The maximum absolute atomic E-state index is 7.32. The second-order valence-electron chi connectivity index (χ2n) is 4.38. The summed E-state index contributed by atoms with van der Waals surface area (Å²) in [6.07, 6.45) is 0. The molecule has 0 bridgehead atoms. The molecule has 2 rings (SSSR count). The number of aromatic nitrogens is 2. The van der Waals surface area contributed by atoms with E-state index in [9.17, 15) is 0 Å². The number of nitrogens with zero attached hydrogens (tertiary/aromatic N) is 2. The van der Waals surface area contributed by atoms with Crippen molar-refractivity contribution < 1.29 is 4.74 Å². The molecule has 0 atom stereocenters. The minimum atomic E-state index is 0.0682. The van der Waals surface area contributed by atoms with Crippen molar-refractivity contribution in [2.75, 3.05) is 12.4 Å². The number of hydrogen-bond donors (Lipinski definition) is 2. The Morgan fingerprint density at radius 1 is 1.40 bits per heavy atom. The van der Waals surface area contributed by atoms with Gasteiger partial charge in [-0.2, -0.15) is 5.10 Å². The van der Waals surface area contributed by atoms with Crippen LogP contribution in [-0.2, 0) is 7.05 Å². The Balaban J connectivity index is 1.78. The van der Waals surface area contributed by atoms with Crippen molar-refractivity contribution in [2.24, 2.45) is 12.8 Å². The number of amidine groups is 1. The highest BCUT2D eigenvalue weighted by molar-refractivity contribution is 7.99. The summed E-state index contributed by atoms with van der Waals surface area (Å²) in [4.78, 5) is 0. The summed E-state index contributed by atoms with van der Waals surface area (Å²) in [5.74, 6) is 1.71. The topological polar surface area (TPSA) is 76.9 Å². The van der Waals surface area contributed by atoms with Gasteiger partial charge in [0.1, 0.15) is 11.6 Å². The quantitative estimate of drug-likeness (QED) is 0.370. The van der Waals surface area contributed by atoms with E-state index < -0.39 is 0 Å². The van der Waals surface area contributed by atoms with Gasteiger partial charge in [0.15, 0.2) is 0 Å². The maximum atomic E-state index is 7.32. The predicted octanol–water partition coefficient (Wildman–Crippen LogP) is 2.18. The fourth-order valence-corrected chi connectivity index (χ4v) is 2.62. The molecule has 1 aromatic carbocycles. The van der Waals surface area contributed by atoms with Gasteiger partial charge in [0.25, 0.3) is 0 Å². The van der Waals surface area contributed by atoms with Gasteiger partial charge in [0.05, 0.1) is 17.3 Å². The number of thioether (sulfide) groups is 1. The van der Waals surface area contributed by atoms with Crippen LogP contribution in [0.2, 0.25) is 0 Å². The van der Waals surface area contributed by atoms with Crippen LogP contribution >= 0.6 is 11.8 Å². The molecule has 0 unspecified atom stereocenters. The molecule has 0 saturated carbocycles. The number of rotatable bonds is 6. The van der Waals surface area contributed by atoms with Crippen molar-refractivity contribution in [3.8, 4) is 5.75 Å². The molecule has 5 nitrogen and oxygen atoms in total. The molecule has 0 aliphatic rings. The first-order valence-electron chi connectivity index (χ1n) is 6.27. The van der Waals surface area contributed by atoms with Crippen molar-refractivity contribution in [3.63, 3.8) is 0 Å². The largest absolute Gasteiger partial charge is 0.493 e. The van der Waals surface area contributed by atoms with Crippen LogP contribution in [0.15, 0.2) is 35.4 Å². The minimum absolute atomic E-state index is 0.0682. The zero-order valence-corrected chi connectivity index (χ0v) is 12.4. The molecule has 0 fully saturated rings. The molecule has 1 heterocycles. The summed E-state index contributed by atoms with van der Waals surface area (Å²) < 4.78 is 7.52. The lowest BCUT2D eigenvalue weighted by Gasteiger charge is -2.07. The van der Waals surface area contributed by atoms with E-state index in [2.05, 4.69) is 11.2 Å². The number of nitrogens with two attached hydrogens (primary N) is 1. The molecule has 0 aliphatic carbocycles. The molecule has 0 amide bonds. The van der Waals surface area contributed by atoms with Gasteiger partial charge in [-0.05, 0) is 37.3 Å². The lowest BCUT2D eigenvalue weighted by molar-refractivity contribution is 0.344. The van der Waals surface area contributed by atoms with E-state index in [1.807, 2.05) is 30.8 Å².